The van der Waals surface area contributed by atoms with Crippen molar-refractivity contribution in [2.24, 2.45) is 0 Å². The summed E-state index contributed by atoms with van der Waals surface area (Å²) >= 11 is 0. The van der Waals surface area contributed by atoms with E-state index in [-0.39, 0.29) is 0 Å². The third kappa shape index (κ3) is 4.44. The summed E-state index contributed by atoms with van der Waals surface area (Å²) in [7, 11) is 0. The number of nitrogens with zero attached hydrogens (tertiary/aromatic N) is 1. The Balaban J connectivity index is 1.25. The fourth-order valence-corrected chi connectivity index (χ4v) is 7.45. The maximum Gasteiger partial charge on any atom is 0.137 e. The van der Waals surface area contributed by atoms with Gasteiger partial charge in [0.15, 0.2) is 0 Å². The van der Waals surface area contributed by atoms with Gasteiger partial charge in [-0.2, -0.15) is 0 Å². The highest BCUT2D eigenvalue weighted by Crippen LogP contribution is 2.47. The fourth-order valence-electron chi connectivity index (χ4n) is 7.45. The normalized spacial score (nSPS) is 11.7. The zero-order valence-electron chi connectivity index (χ0n) is 26.5. The van der Waals surface area contributed by atoms with Gasteiger partial charge < -0.3 is 13.7 Å². The standard InChI is InChI=1S/C46H29NO2/c1-2-13-31-28-33(27-26-30(31)12-1)35-16-3-6-20-39(35)47(40-21-11-25-44-46(40)38-18-5-8-23-42(38)49-44)34-15-9-14-32(29-34)36-19-10-24-43-45(36)37-17-4-7-22-41(37)48-43/h1-29H. The van der Waals surface area contributed by atoms with Crippen LogP contribution in [0.1, 0.15) is 0 Å². The highest BCUT2D eigenvalue weighted by molar-refractivity contribution is 6.15. The Hall–Kier alpha value is -6.58. The molecule has 0 saturated carbocycles. The van der Waals surface area contributed by atoms with Gasteiger partial charge >= 0.3 is 0 Å². The number of hydrogen-bond acceptors (Lipinski definition) is 3. The Bertz CT molecular complexity index is 2860. The molecule has 2 heterocycles. The minimum Gasteiger partial charge on any atom is -0.456 e. The predicted octanol–water partition coefficient (Wildman–Crippen LogP) is 13.4. The van der Waals surface area contributed by atoms with Crippen molar-refractivity contribution in [3.63, 3.8) is 0 Å². The summed E-state index contributed by atoms with van der Waals surface area (Å²) in [6.07, 6.45) is 0. The van der Waals surface area contributed by atoms with E-state index in [4.69, 9.17) is 8.83 Å². The Morgan fingerprint density at radius 2 is 0.918 bits per heavy atom. The van der Waals surface area contributed by atoms with Gasteiger partial charge in [0.25, 0.3) is 0 Å². The maximum atomic E-state index is 6.41. The number of furan rings is 2. The van der Waals surface area contributed by atoms with Crippen LogP contribution >= 0.6 is 0 Å². The van der Waals surface area contributed by atoms with Gasteiger partial charge in [-0.3, -0.25) is 0 Å². The van der Waals surface area contributed by atoms with Gasteiger partial charge in [-0.25, -0.2) is 0 Å². The first-order valence-electron chi connectivity index (χ1n) is 16.6. The molecular weight excluding hydrogens is 599 g/mol. The molecule has 230 valence electrons. The van der Waals surface area contributed by atoms with Crippen LogP contribution in [0, 0.1) is 0 Å². The minimum atomic E-state index is 0.859. The van der Waals surface area contributed by atoms with Crippen LogP contribution in [0.5, 0.6) is 0 Å². The summed E-state index contributed by atoms with van der Waals surface area (Å²) < 4.78 is 12.7. The van der Waals surface area contributed by atoms with Crippen molar-refractivity contribution in [2.75, 3.05) is 4.90 Å². The molecule has 0 amide bonds. The number of anilines is 3. The monoisotopic (exact) mass is 627 g/mol. The largest absolute Gasteiger partial charge is 0.456 e. The van der Waals surface area contributed by atoms with E-state index in [9.17, 15) is 0 Å². The van der Waals surface area contributed by atoms with Crippen molar-refractivity contribution in [2.45, 2.75) is 0 Å². The Kier molecular flexibility index (Phi) is 6.18. The molecule has 0 spiro atoms. The summed E-state index contributed by atoms with van der Waals surface area (Å²) in [4.78, 5) is 2.39. The molecule has 3 nitrogen and oxygen atoms in total. The number of fused-ring (bicyclic) bond motifs is 7. The molecular formula is C46H29NO2. The smallest absolute Gasteiger partial charge is 0.137 e. The van der Waals surface area contributed by atoms with Crippen molar-refractivity contribution < 1.29 is 8.83 Å². The third-order valence-electron chi connectivity index (χ3n) is 9.64. The van der Waals surface area contributed by atoms with Gasteiger partial charge in [0.1, 0.15) is 22.3 Å². The summed E-state index contributed by atoms with van der Waals surface area (Å²) in [5.74, 6) is 0. The molecule has 2 aromatic heterocycles. The molecule has 0 bridgehead atoms. The van der Waals surface area contributed by atoms with Crippen molar-refractivity contribution >= 4 is 71.7 Å². The topological polar surface area (TPSA) is 29.5 Å². The lowest BCUT2D eigenvalue weighted by molar-refractivity contribution is 0.668. The van der Waals surface area contributed by atoms with Crippen LogP contribution in [0.3, 0.4) is 0 Å². The Labute approximate surface area is 282 Å². The van der Waals surface area contributed by atoms with Gasteiger partial charge in [-0.15, -0.1) is 0 Å². The molecule has 10 aromatic rings. The fraction of sp³-hybridized carbons (Fsp3) is 0. The average molecular weight is 628 g/mol. The molecule has 49 heavy (non-hydrogen) atoms. The molecule has 0 N–H and O–H groups in total. The maximum absolute atomic E-state index is 6.41. The van der Waals surface area contributed by atoms with E-state index in [0.717, 1.165) is 83.2 Å². The SMILES string of the molecule is c1cc(-c2cccc3oc4ccccc4c23)cc(N(c2ccccc2-c2ccc3ccccc3c2)c2cccc3oc4ccccc4c23)c1. The lowest BCUT2D eigenvalue weighted by atomic mass is 9.97. The minimum absolute atomic E-state index is 0.859. The molecule has 0 aliphatic rings. The van der Waals surface area contributed by atoms with Crippen molar-refractivity contribution in [3.8, 4) is 22.3 Å². The van der Waals surface area contributed by atoms with Crippen LogP contribution in [0.2, 0.25) is 0 Å². The van der Waals surface area contributed by atoms with Gasteiger partial charge in [0, 0.05) is 27.4 Å². The average Bonchev–Trinajstić information content (AvgIpc) is 3.74. The zero-order chi connectivity index (χ0) is 32.3. The molecule has 3 heteroatoms. The molecule has 10 rings (SSSR count). The molecule has 0 unspecified atom stereocenters. The van der Waals surface area contributed by atoms with Crippen LogP contribution in [0.4, 0.5) is 17.1 Å². The Morgan fingerprint density at radius 1 is 0.347 bits per heavy atom. The van der Waals surface area contributed by atoms with Crippen LogP contribution in [-0.2, 0) is 0 Å². The van der Waals surface area contributed by atoms with E-state index in [1.165, 1.54) is 10.8 Å². The summed E-state index contributed by atoms with van der Waals surface area (Å²) in [6.45, 7) is 0. The number of benzene rings is 8. The second-order valence-electron chi connectivity index (χ2n) is 12.5. The van der Waals surface area contributed by atoms with E-state index in [0.29, 0.717) is 0 Å². The van der Waals surface area contributed by atoms with Crippen LogP contribution in [0.25, 0.3) is 76.9 Å². The quantitative estimate of drug-likeness (QED) is 0.190. The van der Waals surface area contributed by atoms with Crippen molar-refractivity contribution in [3.05, 3.63) is 176 Å². The second-order valence-corrected chi connectivity index (χ2v) is 12.5. The van der Waals surface area contributed by atoms with Gasteiger partial charge in [-0.1, -0.05) is 121 Å². The van der Waals surface area contributed by atoms with Gasteiger partial charge in [-0.05, 0) is 82.1 Å². The van der Waals surface area contributed by atoms with Crippen molar-refractivity contribution in [1.29, 1.82) is 0 Å². The van der Waals surface area contributed by atoms with Crippen molar-refractivity contribution in [1.82, 2.24) is 0 Å². The van der Waals surface area contributed by atoms with E-state index in [1.807, 2.05) is 24.3 Å². The van der Waals surface area contributed by atoms with E-state index in [1.54, 1.807) is 0 Å². The summed E-state index contributed by atoms with van der Waals surface area (Å²) in [6, 6.07) is 62.1. The van der Waals surface area contributed by atoms with Gasteiger partial charge in [0.2, 0.25) is 0 Å². The van der Waals surface area contributed by atoms with E-state index >= 15 is 0 Å². The first kappa shape index (κ1) is 27.5. The van der Waals surface area contributed by atoms with Crippen LogP contribution in [-0.4, -0.2) is 0 Å². The molecule has 8 aromatic carbocycles. The molecule has 0 radical (unpaired) electrons. The van der Waals surface area contributed by atoms with Crippen LogP contribution in [0.15, 0.2) is 185 Å². The highest BCUT2D eigenvalue weighted by Gasteiger charge is 2.23. The van der Waals surface area contributed by atoms with Crippen LogP contribution < -0.4 is 4.90 Å². The Morgan fingerprint density at radius 3 is 1.76 bits per heavy atom. The third-order valence-corrected chi connectivity index (χ3v) is 9.64. The van der Waals surface area contributed by atoms with Gasteiger partial charge in [0.05, 0.1) is 16.8 Å². The molecule has 0 aliphatic carbocycles. The lowest BCUT2D eigenvalue weighted by Gasteiger charge is -2.29. The summed E-state index contributed by atoms with van der Waals surface area (Å²) in [5, 5.41) is 6.86. The molecule has 0 saturated heterocycles. The summed E-state index contributed by atoms with van der Waals surface area (Å²) in [5.41, 5.74) is 11.3. The second kappa shape index (κ2) is 11.0. The van der Waals surface area contributed by atoms with E-state index in [2.05, 4.69) is 157 Å². The number of para-hydroxylation sites is 3. The molecule has 0 aliphatic heterocycles. The molecule has 0 atom stereocenters. The first-order chi connectivity index (χ1) is 24.3. The zero-order valence-corrected chi connectivity index (χ0v) is 26.5. The number of hydrogen-bond donors (Lipinski definition) is 0. The lowest BCUT2D eigenvalue weighted by Crippen LogP contribution is -2.11. The predicted molar refractivity (Wildman–Crippen MR) is 204 cm³/mol. The number of rotatable bonds is 5. The van der Waals surface area contributed by atoms with E-state index < -0.39 is 0 Å². The highest BCUT2D eigenvalue weighted by atomic mass is 16.3. The molecule has 0 fully saturated rings. The first-order valence-corrected chi connectivity index (χ1v) is 16.6.